The maximum Gasteiger partial charge on any atom is 0.306 e. The quantitative estimate of drug-likeness (QED) is 0.560. The van der Waals surface area contributed by atoms with E-state index in [1.165, 1.54) is 0 Å². The van der Waals surface area contributed by atoms with Crippen LogP contribution in [0.4, 0.5) is 0 Å². The van der Waals surface area contributed by atoms with Crippen molar-refractivity contribution in [3.63, 3.8) is 0 Å². The van der Waals surface area contributed by atoms with Crippen molar-refractivity contribution in [1.29, 1.82) is 0 Å². The number of benzene rings is 1. The molecule has 1 fully saturated rings. The Morgan fingerprint density at radius 1 is 1.32 bits per heavy atom. The monoisotopic (exact) mass is 367 g/mol. The second-order valence-electron chi connectivity index (χ2n) is 6.49. The fourth-order valence-electron chi connectivity index (χ4n) is 2.81. The Balaban J connectivity index is 1.62. The summed E-state index contributed by atoms with van der Waals surface area (Å²) < 4.78 is 10.8. The summed E-state index contributed by atoms with van der Waals surface area (Å²) >= 11 is 5.96. The number of hydrogen-bond acceptors (Lipinski definition) is 4. The van der Waals surface area contributed by atoms with Crippen LogP contribution in [0.25, 0.3) is 0 Å². The molecular formula is C19H26ClNO4. The molecule has 1 unspecified atom stereocenters. The van der Waals surface area contributed by atoms with Gasteiger partial charge in [-0.2, -0.15) is 0 Å². The first-order valence-electron chi connectivity index (χ1n) is 8.84. The Bertz CT molecular complexity index is 599. The van der Waals surface area contributed by atoms with Gasteiger partial charge in [0.2, 0.25) is 0 Å². The van der Waals surface area contributed by atoms with E-state index < -0.39 is 6.10 Å². The highest BCUT2D eigenvalue weighted by Gasteiger charge is 2.22. The summed E-state index contributed by atoms with van der Waals surface area (Å²) in [5.74, 6) is 0.123. The molecular weight excluding hydrogens is 342 g/mol. The SMILES string of the molecule is Cc1cc(OCCCC(=O)OC(C)C(=O)NC2CCCC2)ccc1Cl. The number of halogens is 1. The Kier molecular flexibility index (Phi) is 7.56. The lowest BCUT2D eigenvalue weighted by atomic mass is 10.2. The number of amides is 1. The molecule has 25 heavy (non-hydrogen) atoms. The van der Waals surface area contributed by atoms with Gasteiger partial charge in [0.1, 0.15) is 5.75 Å². The predicted octanol–water partition coefficient (Wildman–Crippen LogP) is 3.80. The third kappa shape index (κ3) is 6.58. The van der Waals surface area contributed by atoms with Crippen LogP contribution in [0.2, 0.25) is 5.02 Å². The van der Waals surface area contributed by atoms with Crippen molar-refractivity contribution in [2.24, 2.45) is 0 Å². The standard InChI is InChI=1S/C19H26ClNO4/c1-13-12-16(9-10-17(13)20)24-11-5-8-18(22)25-14(2)19(23)21-15-6-3-4-7-15/h9-10,12,14-15H,3-8,11H2,1-2H3,(H,21,23). The average Bonchev–Trinajstić information content (AvgIpc) is 3.07. The second kappa shape index (κ2) is 9.66. The highest BCUT2D eigenvalue weighted by Crippen LogP contribution is 2.21. The molecule has 0 heterocycles. The molecule has 1 aromatic rings. The zero-order valence-corrected chi connectivity index (χ0v) is 15.6. The van der Waals surface area contributed by atoms with Gasteiger partial charge in [0.15, 0.2) is 6.10 Å². The molecule has 2 rings (SSSR count). The fourth-order valence-corrected chi connectivity index (χ4v) is 2.93. The first-order chi connectivity index (χ1) is 12.0. The van der Waals surface area contributed by atoms with E-state index in [0.29, 0.717) is 18.1 Å². The third-order valence-corrected chi connectivity index (χ3v) is 4.73. The molecule has 138 valence electrons. The Labute approximate surface area is 154 Å². The maximum absolute atomic E-state index is 12.0. The molecule has 1 aliphatic rings. The third-order valence-electron chi connectivity index (χ3n) is 4.30. The molecule has 0 bridgehead atoms. The molecule has 1 amide bonds. The number of carbonyl (C=O) groups excluding carboxylic acids is 2. The van der Waals surface area contributed by atoms with Crippen molar-refractivity contribution in [2.75, 3.05) is 6.61 Å². The maximum atomic E-state index is 12.0. The van der Waals surface area contributed by atoms with Crippen molar-refractivity contribution in [3.8, 4) is 5.75 Å². The van der Waals surface area contributed by atoms with Crippen LogP contribution in [0.3, 0.4) is 0 Å². The van der Waals surface area contributed by atoms with E-state index in [-0.39, 0.29) is 24.3 Å². The average molecular weight is 368 g/mol. The van der Waals surface area contributed by atoms with Gasteiger partial charge in [0.05, 0.1) is 6.61 Å². The van der Waals surface area contributed by atoms with Gasteiger partial charge >= 0.3 is 5.97 Å². The molecule has 0 aromatic heterocycles. The lowest BCUT2D eigenvalue weighted by Crippen LogP contribution is -2.40. The van der Waals surface area contributed by atoms with Gasteiger partial charge in [-0.1, -0.05) is 24.4 Å². The lowest BCUT2D eigenvalue weighted by Gasteiger charge is -2.17. The molecule has 0 spiro atoms. The highest BCUT2D eigenvalue weighted by molar-refractivity contribution is 6.31. The van der Waals surface area contributed by atoms with Crippen molar-refractivity contribution in [3.05, 3.63) is 28.8 Å². The number of aryl methyl sites for hydroxylation is 1. The highest BCUT2D eigenvalue weighted by atomic mass is 35.5. The zero-order chi connectivity index (χ0) is 18.2. The van der Waals surface area contributed by atoms with E-state index in [4.69, 9.17) is 21.1 Å². The van der Waals surface area contributed by atoms with Gasteiger partial charge in [-0.25, -0.2) is 0 Å². The predicted molar refractivity (Wildman–Crippen MR) is 96.9 cm³/mol. The van der Waals surface area contributed by atoms with E-state index >= 15 is 0 Å². The van der Waals surface area contributed by atoms with E-state index in [0.717, 1.165) is 37.0 Å². The molecule has 0 aliphatic heterocycles. The first-order valence-corrected chi connectivity index (χ1v) is 9.22. The van der Waals surface area contributed by atoms with Crippen LogP contribution in [0.5, 0.6) is 5.75 Å². The van der Waals surface area contributed by atoms with Crippen molar-refractivity contribution in [1.82, 2.24) is 5.32 Å². The molecule has 1 N–H and O–H groups in total. The van der Waals surface area contributed by atoms with E-state index in [2.05, 4.69) is 5.32 Å². The van der Waals surface area contributed by atoms with Gasteiger partial charge in [0.25, 0.3) is 5.91 Å². The topological polar surface area (TPSA) is 64.6 Å². The fraction of sp³-hybridized carbons (Fsp3) is 0.579. The molecule has 1 aliphatic carbocycles. The Hall–Kier alpha value is -1.75. The van der Waals surface area contributed by atoms with E-state index in [9.17, 15) is 9.59 Å². The van der Waals surface area contributed by atoms with Gasteiger partial charge in [0, 0.05) is 17.5 Å². The largest absolute Gasteiger partial charge is 0.494 e. The summed E-state index contributed by atoms with van der Waals surface area (Å²) in [5.41, 5.74) is 0.945. The molecule has 6 heteroatoms. The van der Waals surface area contributed by atoms with Crippen LogP contribution < -0.4 is 10.1 Å². The molecule has 1 atom stereocenters. The Morgan fingerprint density at radius 3 is 2.72 bits per heavy atom. The zero-order valence-electron chi connectivity index (χ0n) is 14.8. The van der Waals surface area contributed by atoms with Gasteiger partial charge < -0.3 is 14.8 Å². The smallest absolute Gasteiger partial charge is 0.306 e. The number of carbonyl (C=O) groups is 2. The van der Waals surface area contributed by atoms with Crippen LogP contribution in [0.15, 0.2) is 18.2 Å². The second-order valence-corrected chi connectivity index (χ2v) is 6.89. The van der Waals surface area contributed by atoms with Crippen LogP contribution in [0, 0.1) is 6.92 Å². The van der Waals surface area contributed by atoms with Crippen molar-refractivity contribution < 1.29 is 19.1 Å². The van der Waals surface area contributed by atoms with Crippen LogP contribution >= 0.6 is 11.6 Å². The number of nitrogens with one attached hydrogen (secondary N) is 1. The molecule has 0 saturated heterocycles. The minimum absolute atomic E-state index is 0.215. The van der Waals surface area contributed by atoms with E-state index in [1.807, 2.05) is 13.0 Å². The Morgan fingerprint density at radius 2 is 2.04 bits per heavy atom. The lowest BCUT2D eigenvalue weighted by molar-refractivity contribution is -0.155. The summed E-state index contributed by atoms with van der Waals surface area (Å²) in [5, 5.41) is 3.63. The van der Waals surface area contributed by atoms with Crippen molar-refractivity contribution >= 4 is 23.5 Å². The minimum atomic E-state index is -0.757. The summed E-state index contributed by atoms with van der Waals surface area (Å²) in [7, 11) is 0. The number of hydrogen-bond donors (Lipinski definition) is 1. The van der Waals surface area contributed by atoms with Gasteiger partial charge in [-0.05, 0) is 56.9 Å². The number of rotatable bonds is 8. The van der Waals surface area contributed by atoms with Crippen molar-refractivity contribution in [2.45, 2.75) is 64.5 Å². The summed E-state index contributed by atoms with van der Waals surface area (Å²) in [4.78, 5) is 23.8. The van der Waals surface area contributed by atoms with Crippen LogP contribution in [-0.4, -0.2) is 30.6 Å². The summed E-state index contributed by atoms with van der Waals surface area (Å²) in [6.07, 6.45) is 4.29. The molecule has 5 nitrogen and oxygen atoms in total. The minimum Gasteiger partial charge on any atom is -0.494 e. The van der Waals surface area contributed by atoms with Gasteiger partial charge in [-0.15, -0.1) is 0 Å². The van der Waals surface area contributed by atoms with Crippen LogP contribution in [-0.2, 0) is 14.3 Å². The van der Waals surface area contributed by atoms with Crippen LogP contribution in [0.1, 0.15) is 51.0 Å². The van der Waals surface area contributed by atoms with Gasteiger partial charge in [-0.3, -0.25) is 9.59 Å². The molecule has 1 aromatic carbocycles. The first kappa shape index (κ1) is 19.6. The molecule has 1 saturated carbocycles. The summed E-state index contributed by atoms with van der Waals surface area (Å²) in [6.45, 7) is 3.92. The molecule has 0 radical (unpaired) electrons. The summed E-state index contributed by atoms with van der Waals surface area (Å²) in [6, 6.07) is 5.66. The normalized spacial score (nSPS) is 15.6. The number of ether oxygens (including phenoxy) is 2. The van der Waals surface area contributed by atoms with E-state index in [1.54, 1.807) is 19.1 Å². The number of esters is 1.